The van der Waals surface area contributed by atoms with E-state index in [2.05, 4.69) is 0 Å². The molecule has 13 heavy (non-hydrogen) atoms. The Bertz CT molecular complexity index is 286. The Morgan fingerprint density at radius 2 is 2.08 bits per heavy atom. The van der Waals surface area contributed by atoms with Crippen molar-refractivity contribution in [3.63, 3.8) is 0 Å². The smallest absolute Gasteiger partial charge is 0.126 e. The lowest BCUT2D eigenvalue weighted by Crippen LogP contribution is -2.42. The van der Waals surface area contributed by atoms with Gasteiger partial charge in [0, 0.05) is 5.54 Å². The van der Waals surface area contributed by atoms with E-state index in [-0.39, 0.29) is 12.4 Å². The van der Waals surface area contributed by atoms with E-state index in [0.717, 1.165) is 0 Å². The van der Waals surface area contributed by atoms with Crippen LogP contribution in [0.1, 0.15) is 12.5 Å². The van der Waals surface area contributed by atoms with Crippen molar-refractivity contribution in [2.45, 2.75) is 18.9 Å². The maximum absolute atomic E-state index is 13.1. The molecule has 0 aromatic heterocycles. The third-order valence-electron chi connectivity index (χ3n) is 1.91. The summed E-state index contributed by atoms with van der Waals surface area (Å²) in [6.07, 6.45) is 0.343. The monoisotopic (exact) mass is 183 g/mol. The van der Waals surface area contributed by atoms with E-state index < -0.39 is 5.54 Å². The topological polar surface area (TPSA) is 46.2 Å². The first-order valence-electron chi connectivity index (χ1n) is 4.18. The highest BCUT2D eigenvalue weighted by atomic mass is 19.1. The van der Waals surface area contributed by atoms with Crippen LogP contribution in [-0.4, -0.2) is 17.3 Å². The first kappa shape index (κ1) is 10.2. The summed E-state index contributed by atoms with van der Waals surface area (Å²) < 4.78 is 13.1. The van der Waals surface area contributed by atoms with Crippen LogP contribution in [0.5, 0.6) is 0 Å². The van der Waals surface area contributed by atoms with Crippen molar-refractivity contribution in [2.75, 3.05) is 6.61 Å². The van der Waals surface area contributed by atoms with Gasteiger partial charge in [-0.25, -0.2) is 4.39 Å². The zero-order valence-corrected chi connectivity index (χ0v) is 7.63. The summed E-state index contributed by atoms with van der Waals surface area (Å²) in [5.74, 6) is -0.271. The Labute approximate surface area is 77.2 Å². The minimum Gasteiger partial charge on any atom is -0.394 e. The van der Waals surface area contributed by atoms with Crippen LogP contribution < -0.4 is 5.73 Å². The molecule has 2 nitrogen and oxygen atoms in total. The molecule has 0 bridgehead atoms. The number of aliphatic hydroxyl groups is 1. The number of nitrogens with two attached hydrogens (primary N) is 1. The second-order valence-electron chi connectivity index (χ2n) is 3.58. The van der Waals surface area contributed by atoms with E-state index in [1.54, 1.807) is 25.1 Å². The summed E-state index contributed by atoms with van der Waals surface area (Å²) in [6, 6.07) is 6.45. The molecule has 3 heteroatoms. The summed E-state index contributed by atoms with van der Waals surface area (Å²) in [4.78, 5) is 0. The summed E-state index contributed by atoms with van der Waals surface area (Å²) >= 11 is 0. The quantitative estimate of drug-likeness (QED) is 0.736. The second kappa shape index (κ2) is 3.85. The lowest BCUT2D eigenvalue weighted by molar-refractivity contribution is 0.207. The van der Waals surface area contributed by atoms with Crippen molar-refractivity contribution in [3.8, 4) is 0 Å². The number of aliphatic hydroxyl groups excluding tert-OH is 1. The summed E-state index contributed by atoms with van der Waals surface area (Å²) in [5.41, 5.74) is 5.50. The first-order valence-corrected chi connectivity index (χ1v) is 4.18. The van der Waals surface area contributed by atoms with E-state index in [9.17, 15) is 4.39 Å². The lowest BCUT2D eigenvalue weighted by atomic mass is 9.95. The average molecular weight is 183 g/mol. The van der Waals surface area contributed by atoms with E-state index in [0.29, 0.717) is 12.0 Å². The molecule has 3 N–H and O–H groups in total. The van der Waals surface area contributed by atoms with Crippen LogP contribution in [0.15, 0.2) is 24.3 Å². The SMILES string of the molecule is CC(N)(CO)Cc1ccccc1F. The third-order valence-corrected chi connectivity index (χ3v) is 1.91. The molecule has 1 aromatic rings. The zero-order valence-electron chi connectivity index (χ0n) is 7.63. The Kier molecular flexibility index (Phi) is 3.01. The van der Waals surface area contributed by atoms with Crippen molar-refractivity contribution in [2.24, 2.45) is 5.73 Å². The fraction of sp³-hybridized carbons (Fsp3) is 0.400. The van der Waals surface area contributed by atoms with Crippen LogP contribution in [0.3, 0.4) is 0 Å². The molecule has 0 radical (unpaired) electrons. The van der Waals surface area contributed by atoms with Gasteiger partial charge in [-0.2, -0.15) is 0 Å². The van der Waals surface area contributed by atoms with E-state index >= 15 is 0 Å². The minimum atomic E-state index is -0.748. The molecule has 0 spiro atoms. The molecule has 0 aliphatic heterocycles. The van der Waals surface area contributed by atoms with Crippen LogP contribution in [0.4, 0.5) is 4.39 Å². The van der Waals surface area contributed by atoms with Crippen molar-refractivity contribution in [3.05, 3.63) is 35.6 Å². The number of benzene rings is 1. The zero-order chi connectivity index (χ0) is 9.90. The summed E-state index contributed by atoms with van der Waals surface area (Å²) in [6.45, 7) is 1.54. The molecule has 0 fully saturated rings. The van der Waals surface area contributed by atoms with Gasteiger partial charge in [0.1, 0.15) is 5.82 Å². The molecule has 72 valence electrons. The maximum Gasteiger partial charge on any atom is 0.126 e. The average Bonchev–Trinajstić information content (AvgIpc) is 2.09. The van der Waals surface area contributed by atoms with Crippen molar-refractivity contribution in [1.29, 1.82) is 0 Å². The minimum absolute atomic E-state index is 0.151. The Morgan fingerprint density at radius 1 is 1.46 bits per heavy atom. The number of halogens is 1. The predicted molar refractivity (Wildman–Crippen MR) is 49.8 cm³/mol. The first-order chi connectivity index (χ1) is 6.05. The van der Waals surface area contributed by atoms with Gasteiger partial charge in [0.15, 0.2) is 0 Å². The summed E-state index contributed by atoms with van der Waals surface area (Å²) in [5, 5.41) is 8.90. The molecule has 1 aromatic carbocycles. The van der Waals surface area contributed by atoms with Crippen LogP contribution in [0, 0.1) is 5.82 Å². The predicted octanol–water partition coefficient (Wildman–Crippen LogP) is 1.08. The van der Waals surface area contributed by atoms with Gasteiger partial charge in [-0.05, 0) is 25.0 Å². The van der Waals surface area contributed by atoms with Crippen molar-refractivity contribution in [1.82, 2.24) is 0 Å². The van der Waals surface area contributed by atoms with Crippen LogP contribution in [-0.2, 0) is 6.42 Å². The van der Waals surface area contributed by atoms with Gasteiger partial charge in [0.25, 0.3) is 0 Å². The van der Waals surface area contributed by atoms with Crippen LogP contribution >= 0.6 is 0 Å². The molecule has 1 rings (SSSR count). The van der Waals surface area contributed by atoms with Gasteiger partial charge in [-0.3, -0.25) is 0 Å². The molecule has 0 aliphatic rings. The maximum atomic E-state index is 13.1. The molecule has 0 amide bonds. The van der Waals surface area contributed by atoms with E-state index in [4.69, 9.17) is 10.8 Å². The van der Waals surface area contributed by atoms with Gasteiger partial charge in [-0.15, -0.1) is 0 Å². The van der Waals surface area contributed by atoms with Gasteiger partial charge in [0.2, 0.25) is 0 Å². The van der Waals surface area contributed by atoms with E-state index in [1.807, 2.05) is 0 Å². The summed E-state index contributed by atoms with van der Waals surface area (Å²) in [7, 11) is 0. The molecule has 0 saturated carbocycles. The van der Waals surface area contributed by atoms with Crippen molar-refractivity contribution < 1.29 is 9.50 Å². The number of rotatable bonds is 3. The Hall–Kier alpha value is -0.930. The fourth-order valence-corrected chi connectivity index (χ4v) is 1.13. The molecule has 0 heterocycles. The molecular formula is C10H14FNO. The van der Waals surface area contributed by atoms with Crippen LogP contribution in [0.2, 0.25) is 0 Å². The molecule has 1 unspecified atom stereocenters. The second-order valence-corrected chi connectivity index (χ2v) is 3.58. The Morgan fingerprint density at radius 3 is 2.62 bits per heavy atom. The van der Waals surface area contributed by atoms with Crippen molar-refractivity contribution >= 4 is 0 Å². The number of hydrogen-bond donors (Lipinski definition) is 2. The fourth-order valence-electron chi connectivity index (χ4n) is 1.13. The standard InChI is InChI=1S/C10H14FNO/c1-10(12,7-13)6-8-4-2-3-5-9(8)11/h2-5,13H,6-7,12H2,1H3. The van der Waals surface area contributed by atoms with Gasteiger partial charge < -0.3 is 10.8 Å². The Balaban J connectivity index is 2.80. The normalized spacial score (nSPS) is 15.4. The highest BCUT2D eigenvalue weighted by molar-refractivity contribution is 5.19. The highest BCUT2D eigenvalue weighted by Gasteiger charge is 2.19. The third kappa shape index (κ3) is 2.79. The number of hydrogen-bond acceptors (Lipinski definition) is 2. The van der Waals surface area contributed by atoms with E-state index in [1.165, 1.54) is 6.07 Å². The molecule has 0 aliphatic carbocycles. The molecule has 0 saturated heterocycles. The largest absolute Gasteiger partial charge is 0.394 e. The lowest BCUT2D eigenvalue weighted by Gasteiger charge is -2.21. The van der Waals surface area contributed by atoms with Crippen LogP contribution in [0.25, 0.3) is 0 Å². The van der Waals surface area contributed by atoms with Gasteiger partial charge >= 0.3 is 0 Å². The van der Waals surface area contributed by atoms with Gasteiger partial charge in [0.05, 0.1) is 6.61 Å². The highest BCUT2D eigenvalue weighted by Crippen LogP contribution is 2.13. The molecule has 1 atom stereocenters. The molecular weight excluding hydrogens is 169 g/mol. The van der Waals surface area contributed by atoms with Gasteiger partial charge in [-0.1, -0.05) is 18.2 Å².